The summed E-state index contributed by atoms with van der Waals surface area (Å²) in [5, 5.41) is 0. The third-order valence-electron chi connectivity index (χ3n) is 2.05. The summed E-state index contributed by atoms with van der Waals surface area (Å²) in [6.07, 6.45) is -6.17. The van der Waals surface area contributed by atoms with Gasteiger partial charge in [-0.15, -0.1) is 0 Å². The summed E-state index contributed by atoms with van der Waals surface area (Å²) < 4.78 is 138. The van der Waals surface area contributed by atoms with Gasteiger partial charge in [-0.1, -0.05) is 0 Å². The first-order valence-corrected chi connectivity index (χ1v) is 4.61. The Labute approximate surface area is 104 Å². The van der Waals surface area contributed by atoms with Crippen molar-refractivity contribution in [1.82, 2.24) is 0 Å². The molecule has 0 saturated heterocycles. The molecule has 0 aromatic heterocycles. The van der Waals surface area contributed by atoms with E-state index in [1.54, 1.807) is 0 Å². The second kappa shape index (κ2) is 5.19. The summed E-state index contributed by atoms with van der Waals surface area (Å²) in [5.74, 6) is -22.7. The fourth-order valence-corrected chi connectivity index (χ4v) is 0.731. The maximum Gasteiger partial charge on any atom is 0.425 e. The predicted octanol–water partition coefficient (Wildman–Crippen LogP) is 4.13. The summed E-state index contributed by atoms with van der Waals surface area (Å²) in [7, 11) is 0. The zero-order chi connectivity index (χ0) is 16.6. The van der Waals surface area contributed by atoms with Crippen molar-refractivity contribution in [2.75, 3.05) is 13.3 Å². The van der Waals surface area contributed by atoms with E-state index in [4.69, 9.17) is 0 Å². The molecule has 1 nitrogen and oxygen atoms in total. The Kier molecular flexibility index (Phi) is 4.98. The van der Waals surface area contributed by atoms with E-state index in [1.807, 2.05) is 0 Å². The lowest BCUT2D eigenvalue weighted by atomic mass is 10.1. The minimum atomic E-state index is -6.24. The van der Waals surface area contributed by atoms with E-state index >= 15 is 0 Å². The average molecular weight is 328 g/mol. The summed E-state index contributed by atoms with van der Waals surface area (Å²) in [5.41, 5.74) is 0. The Hall–Kier alpha value is -0.810. The van der Waals surface area contributed by atoms with Crippen molar-refractivity contribution in [3.05, 3.63) is 0 Å². The molecule has 0 fully saturated rings. The van der Waals surface area contributed by atoms with Crippen LogP contribution < -0.4 is 0 Å². The predicted molar refractivity (Wildman–Crippen MR) is 42.3 cm³/mol. The molecule has 0 bridgehead atoms. The second-order valence-corrected chi connectivity index (χ2v) is 3.81. The van der Waals surface area contributed by atoms with Gasteiger partial charge in [-0.2, -0.15) is 43.9 Å². The van der Waals surface area contributed by atoms with Crippen LogP contribution in [0.1, 0.15) is 6.92 Å². The fourth-order valence-electron chi connectivity index (χ4n) is 0.731. The highest BCUT2D eigenvalue weighted by atomic mass is 19.4. The van der Waals surface area contributed by atoms with Gasteiger partial charge in [0.25, 0.3) is 0 Å². The highest BCUT2D eigenvalue weighted by Crippen LogP contribution is 2.47. The minimum absolute atomic E-state index is 0.654. The molecule has 0 aromatic carbocycles. The van der Waals surface area contributed by atoms with E-state index in [0.717, 1.165) is 0 Å². The molecule has 0 aliphatic heterocycles. The van der Waals surface area contributed by atoms with Gasteiger partial charge < -0.3 is 4.74 Å². The number of hydrogen-bond acceptors (Lipinski definition) is 1. The van der Waals surface area contributed by atoms with Crippen LogP contribution in [-0.2, 0) is 4.74 Å². The van der Waals surface area contributed by atoms with Crippen molar-refractivity contribution in [2.24, 2.45) is 0 Å². The molecule has 0 aromatic rings. The smallest absolute Gasteiger partial charge is 0.309 e. The summed E-state index contributed by atoms with van der Waals surface area (Å²) in [6, 6.07) is 0. The first-order valence-electron chi connectivity index (χ1n) is 4.61. The first-order chi connectivity index (χ1) is 8.52. The maximum atomic E-state index is 12.6. The van der Waals surface area contributed by atoms with Gasteiger partial charge in [0, 0.05) is 6.92 Å². The van der Waals surface area contributed by atoms with Crippen LogP contribution in [0.2, 0.25) is 0 Å². The fraction of sp³-hybridized carbons (Fsp3) is 1.00. The van der Waals surface area contributed by atoms with Gasteiger partial charge in [0.1, 0.15) is 6.61 Å². The van der Waals surface area contributed by atoms with Gasteiger partial charge in [-0.25, -0.2) is 4.39 Å². The van der Waals surface area contributed by atoms with Crippen molar-refractivity contribution in [3.8, 4) is 0 Å². The molecule has 0 saturated carbocycles. The van der Waals surface area contributed by atoms with Crippen LogP contribution in [0.3, 0.4) is 0 Å². The molecule has 0 rings (SSSR count). The number of rotatable bonds is 7. The number of halogens is 11. The standard InChI is InChI=1S/C8H7F11O/c1-4(10,11)7(16,17)8(18,19)20-3-6(14,15)5(12,13)2-9/h2-3H2,1H3. The van der Waals surface area contributed by atoms with Gasteiger partial charge >= 0.3 is 29.8 Å². The van der Waals surface area contributed by atoms with Gasteiger partial charge in [0.2, 0.25) is 0 Å². The topological polar surface area (TPSA) is 9.23 Å². The Bertz CT molecular complexity index is 332. The lowest BCUT2D eigenvalue weighted by Crippen LogP contribution is -2.56. The molecule has 12 heteroatoms. The molecule has 20 heavy (non-hydrogen) atoms. The highest BCUT2D eigenvalue weighted by Gasteiger charge is 2.72. The number of hydrogen-bond donors (Lipinski definition) is 0. The van der Waals surface area contributed by atoms with Crippen molar-refractivity contribution in [1.29, 1.82) is 0 Å². The highest BCUT2D eigenvalue weighted by molar-refractivity contribution is 4.90. The van der Waals surface area contributed by atoms with Crippen LogP contribution in [0, 0.1) is 0 Å². The zero-order valence-electron chi connectivity index (χ0n) is 9.48. The third-order valence-corrected chi connectivity index (χ3v) is 2.05. The molecule has 0 radical (unpaired) electrons. The zero-order valence-corrected chi connectivity index (χ0v) is 9.48. The monoisotopic (exact) mass is 328 g/mol. The molecule has 0 N–H and O–H groups in total. The molecule has 0 unspecified atom stereocenters. The van der Waals surface area contributed by atoms with Crippen LogP contribution in [0.25, 0.3) is 0 Å². The van der Waals surface area contributed by atoms with Crippen molar-refractivity contribution < 1.29 is 53.0 Å². The Balaban J connectivity index is 5.07. The molecule has 0 amide bonds. The number of ether oxygens (including phenoxy) is 1. The largest absolute Gasteiger partial charge is 0.425 e. The Morgan fingerprint density at radius 3 is 1.45 bits per heavy atom. The van der Waals surface area contributed by atoms with Crippen LogP contribution in [0.5, 0.6) is 0 Å². The van der Waals surface area contributed by atoms with E-state index in [2.05, 4.69) is 4.74 Å². The second-order valence-electron chi connectivity index (χ2n) is 3.81. The van der Waals surface area contributed by atoms with Crippen LogP contribution >= 0.6 is 0 Å². The van der Waals surface area contributed by atoms with Crippen molar-refractivity contribution in [3.63, 3.8) is 0 Å². The molecule has 122 valence electrons. The van der Waals surface area contributed by atoms with Crippen molar-refractivity contribution >= 4 is 0 Å². The Morgan fingerprint density at radius 1 is 0.750 bits per heavy atom. The lowest BCUT2D eigenvalue weighted by molar-refractivity contribution is -0.408. The van der Waals surface area contributed by atoms with E-state index in [9.17, 15) is 48.3 Å². The van der Waals surface area contributed by atoms with E-state index in [0.29, 0.717) is 0 Å². The Morgan fingerprint density at radius 2 is 1.15 bits per heavy atom. The third kappa shape index (κ3) is 3.44. The van der Waals surface area contributed by atoms with Crippen LogP contribution in [-0.4, -0.2) is 43.1 Å². The van der Waals surface area contributed by atoms with E-state index < -0.39 is 50.0 Å². The summed E-state index contributed by atoms with van der Waals surface area (Å²) >= 11 is 0. The summed E-state index contributed by atoms with van der Waals surface area (Å²) in [4.78, 5) is 0. The molecular formula is C8H7F11O. The van der Waals surface area contributed by atoms with Gasteiger partial charge in [-0.05, 0) is 0 Å². The molecule has 0 aliphatic rings. The van der Waals surface area contributed by atoms with Crippen LogP contribution in [0.4, 0.5) is 48.3 Å². The maximum absolute atomic E-state index is 12.6. The molecule has 0 heterocycles. The SMILES string of the molecule is CC(F)(F)C(F)(F)C(F)(F)OCC(F)(F)C(F)(F)CF. The molecule has 0 aliphatic carbocycles. The number of alkyl halides is 11. The normalized spacial score (nSPS) is 15.6. The average Bonchev–Trinajstić information content (AvgIpc) is 2.24. The quantitative estimate of drug-likeness (QED) is 0.639. The molecular weight excluding hydrogens is 321 g/mol. The van der Waals surface area contributed by atoms with Gasteiger partial charge in [-0.3, -0.25) is 0 Å². The van der Waals surface area contributed by atoms with Crippen molar-refractivity contribution in [2.45, 2.75) is 36.7 Å². The molecule has 0 atom stereocenters. The van der Waals surface area contributed by atoms with Gasteiger partial charge in [0.05, 0.1) is 0 Å². The van der Waals surface area contributed by atoms with E-state index in [-0.39, 0.29) is 0 Å². The van der Waals surface area contributed by atoms with Crippen LogP contribution in [0.15, 0.2) is 0 Å². The minimum Gasteiger partial charge on any atom is -0.309 e. The lowest BCUT2D eigenvalue weighted by Gasteiger charge is -2.32. The van der Waals surface area contributed by atoms with Gasteiger partial charge in [0.15, 0.2) is 6.67 Å². The summed E-state index contributed by atoms with van der Waals surface area (Å²) in [6.45, 7) is -6.73. The first kappa shape index (κ1) is 19.2. The molecule has 0 spiro atoms. The van der Waals surface area contributed by atoms with E-state index in [1.165, 1.54) is 0 Å².